The first-order valence-corrected chi connectivity index (χ1v) is 6.43. The Bertz CT molecular complexity index is 519. The first kappa shape index (κ1) is 11.9. The fourth-order valence-corrected chi connectivity index (χ4v) is 2.47. The van der Waals surface area contributed by atoms with Crippen LogP contribution >= 0.6 is 11.3 Å². The summed E-state index contributed by atoms with van der Waals surface area (Å²) in [5, 5.41) is 3.21. The normalized spacial score (nSPS) is 10.5. The second-order valence-corrected chi connectivity index (χ2v) is 5.27. The molecule has 0 radical (unpaired) electrons. The van der Waals surface area contributed by atoms with E-state index in [9.17, 15) is 0 Å². The van der Waals surface area contributed by atoms with Crippen LogP contribution in [-0.2, 0) is 6.54 Å². The van der Waals surface area contributed by atoms with E-state index in [0.29, 0.717) is 0 Å². The first-order chi connectivity index (χ1) is 8.08. The summed E-state index contributed by atoms with van der Waals surface area (Å²) in [7, 11) is 2.07. The van der Waals surface area contributed by atoms with Crippen LogP contribution in [0.5, 0.6) is 0 Å². The van der Waals surface area contributed by atoms with Gasteiger partial charge in [-0.2, -0.15) is 0 Å². The summed E-state index contributed by atoms with van der Waals surface area (Å²) in [6.45, 7) is 4.89. The van der Waals surface area contributed by atoms with Gasteiger partial charge in [-0.25, -0.2) is 4.98 Å². The Kier molecular flexibility index (Phi) is 3.33. The van der Waals surface area contributed by atoms with Gasteiger partial charge in [-0.15, -0.1) is 11.3 Å². The fraction of sp³-hybridized carbons (Fsp3) is 0.308. The van der Waals surface area contributed by atoms with Gasteiger partial charge in [0.15, 0.2) is 0 Å². The van der Waals surface area contributed by atoms with Crippen LogP contribution in [0, 0.1) is 13.8 Å². The molecule has 1 aromatic carbocycles. The van der Waals surface area contributed by atoms with E-state index in [1.165, 1.54) is 0 Å². The molecular weight excluding hydrogens is 230 g/mol. The molecule has 4 heteroatoms. The third-order valence-electron chi connectivity index (χ3n) is 2.82. The number of rotatable bonds is 3. The van der Waals surface area contributed by atoms with Crippen LogP contribution in [-0.4, -0.2) is 12.0 Å². The maximum Gasteiger partial charge on any atom is 0.0898 e. The number of aromatic nitrogens is 1. The lowest BCUT2D eigenvalue weighted by Crippen LogP contribution is -2.18. The van der Waals surface area contributed by atoms with E-state index in [1.807, 2.05) is 26.0 Å². The summed E-state index contributed by atoms with van der Waals surface area (Å²) in [6.07, 6.45) is 0. The maximum absolute atomic E-state index is 5.92. The molecule has 1 aromatic heterocycles. The summed E-state index contributed by atoms with van der Waals surface area (Å²) in [5.41, 5.74) is 10.2. The second-order valence-electron chi connectivity index (χ2n) is 4.21. The zero-order valence-corrected chi connectivity index (χ0v) is 11.2. The molecule has 0 atom stereocenters. The smallest absolute Gasteiger partial charge is 0.0898 e. The van der Waals surface area contributed by atoms with Gasteiger partial charge in [-0.1, -0.05) is 6.07 Å². The highest BCUT2D eigenvalue weighted by atomic mass is 32.1. The minimum absolute atomic E-state index is 0.814. The number of hydrogen-bond donors (Lipinski definition) is 1. The topological polar surface area (TPSA) is 42.2 Å². The Hall–Kier alpha value is -1.55. The maximum atomic E-state index is 5.92. The number of nitrogen functional groups attached to an aromatic ring is 1. The highest BCUT2D eigenvalue weighted by Crippen LogP contribution is 2.25. The molecule has 0 aliphatic heterocycles. The zero-order valence-electron chi connectivity index (χ0n) is 10.4. The summed E-state index contributed by atoms with van der Waals surface area (Å²) >= 11 is 1.69. The Morgan fingerprint density at radius 1 is 1.35 bits per heavy atom. The lowest BCUT2D eigenvalue weighted by atomic mass is 10.1. The van der Waals surface area contributed by atoms with Crippen LogP contribution in [0.2, 0.25) is 0 Å². The molecular formula is C13H17N3S. The third-order valence-corrected chi connectivity index (χ3v) is 3.65. The van der Waals surface area contributed by atoms with Gasteiger partial charge in [0.25, 0.3) is 0 Å². The number of aryl methyl sites for hydroxylation is 1. The number of nitrogens with two attached hydrogens (primary N) is 1. The SMILES string of the molecule is Cc1nc(CN(C)c2cccc(N)c2C)cs1. The monoisotopic (exact) mass is 247 g/mol. The minimum atomic E-state index is 0.814. The second kappa shape index (κ2) is 4.75. The molecule has 90 valence electrons. The van der Waals surface area contributed by atoms with Gasteiger partial charge in [0.05, 0.1) is 17.2 Å². The van der Waals surface area contributed by atoms with E-state index < -0.39 is 0 Å². The van der Waals surface area contributed by atoms with E-state index in [1.54, 1.807) is 11.3 Å². The van der Waals surface area contributed by atoms with E-state index in [-0.39, 0.29) is 0 Å². The average Bonchev–Trinajstić information content (AvgIpc) is 2.68. The summed E-state index contributed by atoms with van der Waals surface area (Å²) in [4.78, 5) is 6.65. The van der Waals surface area contributed by atoms with Gasteiger partial charge in [0.2, 0.25) is 0 Å². The standard InChI is InChI=1S/C13H17N3S/c1-9-12(14)5-4-6-13(9)16(3)7-11-8-17-10(2)15-11/h4-6,8H,7,14H2,1-3H3. The van der Waals surface area contributed by atoms with Gasteiger partial charge in [0, 0.05) is 23.8 Å². The molecule has 0 bridgehead atoms. The molecule has 2 N–H and O–H groups in total. The van der Waals surface area contributed by atoms with E-state index in [0.717, 1.165) is 34.2 Å². The molecule has 1 heterocycles. The van der Waals surface area contributed by atoms with E-state index >= 15 is 0 Å². The van der Waals surface area contributed by atoms with Crippen LogP contribution < -0.4 is 10.6 Å². The number of anilines is 2. The Balaban J connectivity index is 2.20. The van der Waals surface area contributed by atoms with Crippen LogP contribution in [0.3, 0.4) is 0 Å². The fourth-order valence-electron chi connectivity index (χ4n) is 1.86. The van der Waals surface area contributed by atoms with Gasteiger partial charge in [-0.05, 0) is 31.5 Å². The third kappa shape index (κ3) is 2.58. The van der Waals surface area contributed by atoms with Crippen molar-refractivity contribution in [1.82, 2.24) is 4.98 Å². The summed E-state index contributed by atoms with van der Waals surface area (Å²) in [6, 6.07) is 6.01. The quantitative estimate of drug-likeness (QED) is 0.848. The van der Waals surface area contributed by atoms with Crippen molar-refractivity contribution < 1.29 is 0 Å². The Morgan fingerprint density at radius 3 is 2.76 bits per heavy atom. The molecule has 0 aliphatic carbocycles. The molecule has 0 saturated heterocycles. The van der Waals surface area contributed by atoms with E-state index in [4.69, 9.17) is 5.73 Å². The number of nitrogens with zero attached hydrogens (tertiary/aromatic N) is 2. The highest BCUT2D eigenvalue weighted by molar-refractivity contribution is 7.09. The van der Waals surface area contributed by atoms with E-state index in [2.05, 4.69) is 28.4 Å². The average molecular weight is 247 g/mol. The lowest BCUT2D eigenvalue weighted by molar-refractivity contribution is 0.886. The molecule has 0 unspecified atom stereocenters. The first-order valence-electron chi connectivity index (χ1n) is 5.55. The van der Waals surface area contributed by atoms with Crippen LogP contribution in [0.1, 0.15) is 16.3 Å². The molecule has 17 heavy (non-hydrogen) atoms. The highest BCUT2D eigenvalue weighted by Gasteiger charge is 2.08. The molecule has 0 saturated carbocycles. The van der Waals surface area contributed by atoms with Gasteiger partial charge in [-0.3, -0.25) is 0 Å². The molecule has 2 aromatic rings. The predicted molar refractivity (Wildman–Crippen MR) is 74.5 cm³/mol. The number of hydrogen-bond acceptors (Lipinski definition) is 4. The largest absolute Gasteiger partial charge is 0.398 e. The zero-order chi connectivity index (χ0) is 12.4. The van der Waals surface area contributed by atoms with Crippen molar-refractivity contribution in [2.75, 3.05) is 17.7 Å². The van der Waals surface area contributed by atoms with Crippen molar-refractivity contribution >= 4 is 22.7 Å². The van der Waals surface area contributed by atoms with Crippen molar-refractivity contribution in [2.45, 2.75) is 20.4 Å². The Morgan fingerprint density at radius 2 is 2.12 bits per heavy atom. The lowest BCUT2D eigenvalue weighted by Gasteiger charge is -2.21. The van der Waals surface area contributed by atoms with Gasteiger partial charge in [0.1, 0.15) is 0 Å². The number of thiazole rings is 1. The van der Waals surface area contributed by atoms with Crippen LogP contribution in [0.4, 0.5) is 11.4 Å². The summed E-state index contributed by atoms with van der Waals surface area (Å²) < 4.78 is 0. The van der Waals surface area contributed by atoms with Gasteiger partial charge < -0.3 is 10.6 Å². The molecule has 0 fully saturated rings. The van der Waals surface area contributed by atoms with Crippen LogP contribution in [0.15, 0.2) is 23.6 Å². The van der Waals surface area contributed by atoms with Crippen molar-refractivity contribution in [3.8, 4) is 0 Å². The molecule has 0 aliphatic rings. The summed E-state index contributed by atoms with van der Waals surface area (Å²) in [5.74, 6) is 0. The van der Waals surface area contributed by atoms with Crippen LogP contribution in [0.25, 0.3) is 0 Å². The molecule has 2 rings (SSSR count). The molecule has 3 nitrogen and oxygen atoms in total. The van der Waals surface area contributed by atoms with Gasteiger partial charge >= 0.3 is 0 Å². The Labute approximate surface area is 106 Å². The number of benzene rings is 1. The van der Waals surface area contributed by atoms with Crippen molar-refractivity contribution in [3.05, 3.63) is 39.8 Å². The molecule has 0 spiro atoms. The van der Waals surface area contributed by atoms with Crippen molar-refractivity contribution in [2.24, 2.45) is 0 Å². The molecule has 0 amide bonds. The predicted octanol–water partition coefficient (Wildman–Crippen LogP) is 2.98. The van der Waals surface area contributed by atoms with Crippen molar-refractivity contribution in [3.63, 3.8) is 0 Å². The van der Waals surface area contributed by atoms with Crippen molar-refractivity contribution in [1.29, 1.82) is 0 Å². The minimum Gasteiger partial charge on any atom is -0.398 e.